The number of ether oxygens (including phenoxy) is 1. The lowest BCUT2D eigenvalue weighted by molar-refractivity contribution is -0.141. The summed E-state index contributed by atoms with van der Waals surface area (Å²) in [6, 6.07) is 4.04. The van der Waals surface area contributed by atoms with Crippen LogP contribution in [-0.4, -0.2) is 33.1 Å². The largest absolute Gasteiger partial charge is 0.468 e. The molecule has 0 saturated carbocycles. The Balaban J connectivity index is 2.23. The summed E-state index contributed by atoms with van der Waals surface area (Å²) in [7, 11) is 3.07. The van der Waals surface area contributed by atoms with Crippen molar-refractivity contribution in [2.24, 2.45) is 12.0 Å². The fraction of sp³-hybridized carbons (Fsp3) is 0.294. The first-order chi connectivity index (χ1) is 11.9. The first kappa shape index (κ1) is 17.1. The van der Waals surface area contributed by atoms with Crippen molar-refractivity contribution < 1.29 is 14.3 Å². The molecule has 0 bridgehead atoms. The SMILES string of the molecule is COC(=O)Cn1c(=NC(=O)c2nccn2C)sc2c(C)cc(C)cc21. The van der Waals surface area contributed by atoms with E-state index >= 15 is 0 Å². The normalized spacial score (nSPS) is 11.9. The Bertz CT molecular complexity index is 1040. The lowest BCUT2D eigenvalue weighted by Gasteiger charge is -2.05. The third kappa shape index (κ3) is 3.25. The summed E-state index contributed by atoms with van der Waals surface area (Å²) in [4.78, 5) is 33.0. The van der Waals surface area contributed by atoms with Crippen LogP contribution in [0.5, 0.6) is 0 Å². The van der Waals surface area contributed by atoms with Crippen LogP contribution in [0.25, 0.3) is 10.2 Å². The number of rotatable bonds is 3. The second-order valence-corrected chi connectivity index (χ2v) is 6.73. The molecule has 3 aromatic rings. The molecule has 0 fully saturated rings. The summed E-state index contributed by atoms with van der Waals surface area (Å²) in [6.45, 7) is 3.98. The second kappa shape index (κ2) is 6.64. The quantitative estimate of drug-likeness (QED) is 0.671. The highest BCUT2D eigenvalue weighted by Gasteiger charge is 2.15. The van der Waals surface area contributed by atoms with E-state index in [-0.39, 0.29) is 12.4 Å². The number of hydrogen-bond donors (Lipinski definition) is 0. The zero-order chi connectivity index (χ0) is 18.1. The summed E-state index contributed by atoms with van der Waals surface area (Å²) < 4.78 is 9.10. The standard InChI is InChI=1S/C17H18N4O3S/c1-10-7-11(2)14-12(8-10)21(9-13(22)24-4)17(25-14)19-16(23)15-18-5-6-20(15)3/h5-8H,9H2,1-4H3. The maximum Gasteiger partial charge on any atom is 0.325 e. The molecule has 0 N–H and O–H groups in total. The van der Waals surface area contributed by atoms with Crippen LogP contribution in [0.3, 0.4) is 0 Å². The summed E-state index contributed by atoms with van der Waals surface area (Å²) in [6.07, 6.45) is 3.23. The molecule has 2 aromatic heterocycles. The molecule has 0 saturated heterocycles. The highest BCUT2D eigenvalue weighted by molar-refractivity contribution is 7.16. The molecule has 0 aliphatic rings. The maximum absolute atomic E-state index is 12.5. The van der Waals surface area contributed by atoms with Crippen molar-refractivity contribution in [3.05, 3.63) is 46.3 Å². The molecule has 0 radical (unpaired) electrons. The number of methoxy groups -OCH3 is 1. The third-order valence-corrected chi connectivity index (χ3v) is 5.07. The highest BCUT2D eigenvalue weighted by Crippen LogP contribution is 2.23. The van der Waals surface area contributed by atoms with Gasteiger partial charge in [0.25, 0.3) is 0 Å². The van der Waals surface area contributed by atoms with Crippen LogP contribution < -0.4 is 4.80 Å². The molecule has 2 heterocycles. The lowest BCUT2D eigenvalue weighted by atomic mass is 10.1. The van der Waals surface area contributed by atoms with Crippen molar-refractivity contribution in [2.75, 3.05) is 7.11 Å². The number of aromatic nitrogens is 3. The number of imidazole rings is 1. The monoisotopic (exact) mass is 358 g/mol. The van der Waals surface area contributed by atoms with Gasteiger partial charge in [-0.2, -0.15) is 4.99 Å². The molecule has 1 aromatic carbocycles. The van der Waals surface area contributed by atoms with Gasteiger partial charge >= 0.3 is 11.9 Å². The highest BCUT2D eigenvalue weighted by atomic mass is 32.1. The number of carbonyl (C=O) groups excluding carboxylic acids is 2. The Morgan fingerprint density at radius 3 is 2.72 bits per heavy atom. The third-order valence-electron chi connectivity index (χ3n) is 3.84. The first-order valence-electron chi connectivity index (χ1n) is 7.64. The predicted molar refractivity (Wildman–Crippen MR) is 94.4 cm³/mol. The van der Waals surface area contributed by atoms with E-state index in [1.165, 1.54) is 18.4 Å². The summed E-state index contributed by atoms with van der Waals surface area (Å²) in [5.74, 6) is -0.605. The van der Waals surface area contributed by atoms with Gasteiger partial charge in [-0.15, -0.1) is 0 Å². The van der Waals surface area contributed by atoms with Crippen LogP contribution >= 0.6 is 11.3 Å². The molecule has 0 unspecified atom stereocenters. The van der Waals surface area contributed by atoms with Crippen molar-refractivity contribution in [3.8, 4) is 0 Å². The van der Waals surface area contributed by atoms with E-state index in [1.807, 2.05) is 19.9 Å². The van der Waals surface area contributed by atoms with Crippen LogP contribution in [0.15, 0.2) is 29.5 Å². The predicted octanol–water partition coefficient (Wildman–Crippen LogP) is 1.97. The number of aryl methyl sites for hydroxylation is 3. The lowest BCUT2D eigenvalue weighted by Crippen LogP contribution is -2.23. The minimum absolute atomic E-state index is 0.00786. The zero-order valence-electron chi connectivity index (χ0n) is 14.4. The van der Waals surface area contributed by atoms with Gasteiger partial charge in [0.2, 0.25) is 5.82 Å². The van der Waals surface area contributed by atoms with E-state index < -0.39 is 11.9 Å². The molecule has 0 atom stereocenters. The van der Waals surface area contributed by atoms with E-state index in [2.05, 4.69) is 16.0 Å². The van der Waals surface area contributed by atoms with Crippen LogP contribution in [0.4, 0.5) is 0 Å². The van der Waals surface area contributed by atoms with Gasteiger partial charge in [-0.25, -0.2) is 4.98 Å². The van der Waals surface area contributed by atoms with Gasteiger partial charge < -0.3 is 13.9 Å². The van der Waals surface area contributed by atoms with Gasteiger partial charge in [0.05, 0.1) is 17.3 Å². The van der Waals surface area contributed by atoms with Crippen LogP contribution in [0.2, 0.25) is 0 Å². The van der Waals surface area contributed by atoms with Gasteiger partial charge in [0.1, 0.15) is 6.54 Å². The minimum atomic E-state index is -0.452. The van der Waals surface area contributed by atoms with Gasteiger partial charge in [0.15, 0.2) is 4.80 Å². The van der Waals surface area contributed by atoms with Crippen molar-refractivity contribution in [1.82, 2.24) is 14.1 Å². The number of thiazole rings is 1. The Morgan fingerprint density at radius 2 is 2.08 bits per heavy atom. The number of hydrogen-bond acceptors (Lipinski definition) is 5. The van der Waals surface area contributed by atoms with E-state index in [0.717, 1.165) is 21.3 Å². The zero-order valence-corrected chi connectivity index (χ0v) is 15.3. The Labute approximate surface area is 148 Å². The molecule has 25 heavy (non-hydrogen) atoms. The van der Waals surface area contributed by atoms with Crippen molar-refractivity contribution in [1.29, 1.82) is 0 Å². The molecule has 0 aliphatic carbocycles. The number of amides is 1. The average Bonchev–Trinajstić information content (AvgIpc) is 3.12. The molecule has 7 nitrogen and oxygen atoms in total. The average molecular weight is 358 g/mol. The topological polar surface area (TPSA) is 78.5 Å². The minimum Gasteiger partial charge on any atom is -0.468 e. The van der Waals surface area contributed by atoms with Gasteiger partial charge in [-0.1, -0.05) is 17.4 Å². The first-order valence-corrected chi connectivity index (χ1v) is 8.46. The molecular weight excluding hydrogens is 340 g/mol. The Hall–Kier alpha value is -2.74. The van der Waals surface area contributed by atoms with Gasteiger partial charge in [-0.3, -0.25) is 9.59 Å². The molecule has 8 heteroatoms. The van der Waals surface area contributed by atoms with E-state index in [4.69, 9.17) is 4.74 Å². The second-order valence-electron chi connectivity index (χ2n) is 5.76. The van der Waals surface area contributed by atoms with E-state index in [0.29, 0.717) is 4.80 Å². The maximum atomic E-state index is 12.5. The van der Waals surface area contributed by atoms with Gasteiger partial charge in [0, 0.05) is 19.4 Å². The van der Waals surface area contributed by atoms with Crippen molar-refractivity contribution in [2.45, 2.75) is 20.4 Å². The fourth-order valence-corrected chi connectivity index (χ4v) is 3.73. The van der Waals surface area contributed by atoms with E-state index in [1.54, 1.807) is 28.6 Å². The van der Waals surface area contributed by atoms with E-state index in [9.17, 15) is 9.59 Å². The number of benzene rings is 1. The van der Waals surface area contributed by atoms with Gasteiger partial charge in [-0.05, 0) is 31.0 Å². The Morgan fingerprint density at radius 1 is 1.32 bits per heavy atom. The molecule has 1 amide bonds. The van der Waals surface area contributed by atoms with Crippen molar-refractivity contribution in [3.63, 3.8) is 0 Å². The molecule has 0 spiro atoms. The molecule has 3 rings (SSSR count). The summed E-state index contributed by atoms with van der Waals surface area (Å²) in [5.41, 5.74) is 3.01. The molecular formula is C17H18N4O3S. The van der Waals surface area contributed by atoms with Crippen LogP contribution in [-0.2, 0) is 23.1 Å². The number of carbonyl (C=O) groups is 2. The molecule has 130 valence electrons. The smallest absolute Gasteiger partial charge is 0.325 e. The number of esters is 1. The fourth-order valence-electron chi connectivity index (χ4n) is 2.65. The van der Waals surface area contributed by atoms with Crippen LogP contribution in [0, 0.1) is 13.8 Å². The van der Waals surface area contributed by atoms with Crippen molar-refractivity contribution >= 4 is 33.4 Å². The number of nitrogens with zero attached hydrogens (tertiary/aromatic N) is 4. The summed E-state index contributed by atoms with van der Waals surface area (Å²) in [5, 5.41) is 0. The number of fused-ring (bicyclic) bond motifs is 1. The van der Waals surface area contributed by atoms with Crippen LogP contribution in [0.1, 0.15) is 21.7 Å². The Kier molecular flexibility index (Phi) is 4.54. The molecule has 0 aliphatic heterocycles. The summed E-state index contributed by atoms with van der Waals surface area (Å²) >= 11 is 1.37.